The molecule has 1 aromatic rings. The number of carbonyl (C=O) groups is 1. The van der Waals surface area contributed by atoms with E-state index in [1.807, 2.05) is 12.1 Å². The van der Waals surface area contributed by atoms with Gasteiger partial charge in [0.15, 0.2) is 0 Å². The van der Waals surface area contributed by atoms with E-state index in [4.69, 9.17) is 5.11 Å². The molecule has 2 rings (SSSR count). The quantitative estimate of drug-likeness (QED) is 0.664. The standard InChI is InChI=1S/C11H14N2O2/c14-11(15)9-4-2-1-3-8(9)10-7-12-5-6-13-10/h1-4,10,12-13H,5-7H2,(H,14,15). The van der Waals surface area contributed by atoms with Crippen LogP contribution >= 0.6 is 0 Å². The van der Waals surface area contributed by atoms with Crippen molar-refractivity contribution in [1.29, 1.82) is 0 Å². The zero-order chi connectivity index (χ0) is 10.7. The van der Waals surface area contributed by atoms with Crippen LogP contribution in [-0.4, -0.2) is 30.7 Å². The molecule has 0 aromatic heterocycles. The first-order valence-electron chi connectivity index (χ1n) is 5.05. The van der Waals surface area contributed by atoms with Crippen molar-refractivity contribution < 1.29 is 9.90 Å². The largest absolute Gasteiger partial charge is 0.478 e. The van der Waals surface area contributed by atoms with Crippen LogP contribution in [0.5, 0.6) is 0 Å². The number of hydrogen-bond donors (Lipinski definition) is 3. The first-order chi connectivity index (χ1) is 7.29. The molecule has 1 heterocycles. The van der Waals surface area contributed by atoms with Gasteiger partial charge in [-0.2, -0.15) is 0 Å². The Balaban J connectivity index is 2.29. The molecule has 1 saturated heterocycles. The molecule has 0 spiro atoms. The molecule has 1 unspecified atom stereocenters. The Hall–Kier alpha value is -1.39. The third kappa shape index (κ3) is 2.16. The summed E-state index contributed by atoms with van der Waals surface area (Å²) in [5, 5.41) is 15.6. The van der Waals surface area contributed by atoms with E-state index in [0.29, 0.717) is 5.56 Å². The Morgan fingerprint density at radius 1 is 1.33 bits per heavy atom. The lowest BCUT2D eigenvalue weighted by molar-refractivity contribution is 0.0694. The maximum absolute atomic E-state index is 11.0. The average molecular weight is 206 g/mol. The van der Waals surface area contributed by atoms with Gasteiger partial charge in [0.1, 0.15) is 0 Å². The summed E-state index contributed by atoms with van der Waals surface area (Å²) in [5.74, 6) is -0.863. The zero-order valence-corrected chi connectivity index (χ0v) is 8.36. The highest BCUT2D eigenvalue weighted by atomic mass is 16.4. The van der Waals surface area contributed by atoms with E-state index in [0.717, 1.165) is 25.2 Å². The highest BCUT2D eigenvalue weighted by Gasteiger charge is 2.19. The molecule has 1 fully saturated rings. The van der Waals surface area contributed by atoms with Crippen molar-refractivity contribution in [2.45, 2.75) is 6.04 Å². The minimum Gasteiger partial charge on any atom is -0.478 e. The Kier molecular flexibility index (Phi) is 2.99. The van der Waals surface area contributed by atoms with E-state index in [1.165, 1.54) is 0 Å². The second-order valence-corrected chi connectivity index (χ2v) is 3.60. The maximum atomic E-state index is 11.0. The van der Waals surface area contributed by atoms with Crippen LogP contribution in [0, 0.1) is 0 Å². The number of benzene rings is 1. The van der Waals surface area contributed by atoms with Crippen molar-refractivity contribution >= 4 is 5.97 Å². The van der Waals surface area contributed by atoms with Crippen LogP contribution in [0.1, 0.15) is 22.0 Å². The summed E-state index contributed by atoms with van der Waals surface area (Å²) in [5.41, 5.74) is 1.25. The molecule has 1 aliphatic heterocycles. The summed E-state index contributed by atoms with van der Waals surface area (Å²) in [6.45, 7) is 2.59. The summed E-state index contributed by atoms with van der Waals surface area (Å²) in [4.78, 5) is 11.0. The summed E-state index contributed by atoms with van der Waals surface area (Å²) >= 11 is 0. The molecule has 0 bridgehead atoms. The van der Waals surface area contributed by atoms with Gasteiger partial charge in [-0.3, -0.25) is 0 Å². The number of carboxylic acid groups (broad SMARTS) is 1. The summed E-state index contributed by atoms with van der Waals surface area (Å²) < 4.78 is 0. The monoisotopic (exact) mass is 206 g/mol. The fourth-order valence-corrected chi connectivity index (χ4v) is 1.87. The predicted molar refractivity (Wildman–Crippen MR) is 57.0 cm³/mol. The Morgan fingerprint density at radius 2 is 2.13 bits per heavy atom. The molecule has 0 amide bonds. The van der Waals surface area contributed by atoms with Crippen molar-refractivity contribution in [1.82, 2.24) is 10.6 Å². The molecule has 1 atom stereocenters. The van der Waals surface area contributed by atoms with Crippen LogP contribution in [-0.2, 0) is 0 Å². The summed E-state index contributed by atoms with van der Waals surface area (Å²) in [6, 6.07) is 7.25. The molecular weight excluding hydrogens is 192 g/mol. The van der Waals surface area contributed by atoms with Gasteiger partial charge in [-0.1, -0.05) is 18.2 Å². The number of rotatable bonds is 2. The lowest BCUT2D eigenvalue weighted by Gasteiger charge is -2.25. The van der Waals surface area contributed by atoms with Gasteiger partial charge < -0.3 is 15.7 Å². The SMILES string of the molecule is O=C(O)c1ccccc1C1CNCCN1. The minimum atomic E-state index is -0.863. The van der Waals surface area contributed by atoms with E-state index < -0.39 is 5.97 Å². The highest BCUT2D eigenvalue weighted by molar-refractivity contribution is 5.89. The lowest BCUT2D eigenvalue weighted by atomic mass is 9.99. The van der Waals surface area contributed by atoms with Crippen LogP contribution < -0.4 is 10.6 Å². The van der Waals surface area contributed by atoms with Gasteiger partial charge in [0, 0.05) is 25.7 Å². The maximum Gasteiger partial charge on any atom is 0.336 e. The molecule has 1 aromatic carbocycles. The van der Waals surface area contributed by atoms with Crippen molar-refractivity contribution in [2.24, 2.45) is 0 Å². The van der Waals surface area contributed by atoms with E-state index in [9.17, 15) is 4.79 Å². The normalized spacial score (nSPS) is 21.2. The van der Waals surface area contributed by atoms with Gasteiger partial charge in [0.05, 0.1) is 5.56 Å². The van der Waals surface area contributed by atoms with Crippen molar-refractivity contribution in [3.05, 3.63) is 35.4 Å². The first-order valence-corrected chi connectivity index (χ1v) is 5.05. The van der Waals surface area contributed by atoms with Gasteiger partial charge in [-0.15, -0.1) is 0 Å². The van der Waals surface area contributed by atoms with Crippen molar-refractivity contribution in [3.63, 3.8) is 0 Å². The van der Waals surface area contributed by atoms with Gasteiger partial charge in [0.2, 0.25) is 0 Å². The van der Waals surface area contributed by atoms with Crippen LogP contribution in [0.15, 0.2) is 24.3 Å². The molecule has 0 aliphatic carbocycles. The van der Waals surface area contributed by atoms with Gasteiger partial charge >= 0.3 is 5.97 Å². The Labute approximate surface area is 88.3 Å². The smallest absolute Gasteiger partial charge is 0.336 e. The van der Waals surface area contributed by atoms with Gasteiger partial charge in [-0.25, -0.2) is 4.79 Å². The molecular formula is C11H14N2O2. The van der Waals surface area contributed by atoms with Crippen LogP contribution in [0.2, 0.25) is 0 Å². The Morgan fingerprint density at radius 3 is 2.80 bits per heavy atom. The van der Waals surface area contributed by atoms with Gasteiger partial charge in [0.25, 0.3) is 0 Å². The second kappa shape index (κ2) is 4.42. The minimum absolute atomic E-state index is 0.103. The third-order valence-electron chi connectivity index (χ3n) is 2.61. The topological polar surface area (TPSA) is 61.4 Å². The summed E-state index contributed by atoms with van der Waals surface area (Å²) in [6.07, 6.45) is 0. The summed E-state index contributed by atoms with van der Waals surface area (Å²) in [7, 11) is 0. The fourth-order valence-electron chi connectivity index (χ4n) is 1.87. The lowest BCUT2D eigenvalue weighted by Crippen LogP contribution is -2.43. The molecule has 4 nitrogen and oxygen atoms in total. The number of aromatic carboxylic acids is 1. The molecule has 4 heteroatoms. The van der Waals surface area contributed by atoms with Crippen LogP contribution in [0.3, 0.4) is 0 Å². The molecule has 15 heavy (non-hydrogen) atoms. The Bertz CT molecular complexity index is 359. The predicted octanol–water partition coefficient (Wildman–Crippen LogP) is 0.619. The van der Waals surface area contributed by atoms with E-state index >= 15 is 0 Å². The second-order valence-electron chi connectivity index (χ2n) is 3.60. The molecule has 0 saturated carbocycles. The van der Waals surface area contributed by atoms with Gasteiger partial charge in [-0.05, 0) is 11.6 Å². The fraction of sp³-hybridized carbons (Fsp3) is 0.364. The van der Waals surface area contributed by atoms with Crippen LogP contribution in [0.25, 0.3) is 0 Å². The van der Waals surface area contributed by atoms with Crippen LogP contribution in [0.4, 0.5) is 0 Å². The van der Waals surface area contributed by atoms with E-state index in [-0.39, 0.29) is 6.04 Å². The number of carboxylic acids is 1. The molecule has 3 N–H and O–H groups in total. The van der Waals surface area contributed by atoms with E-state index in [1.54, 1.807) is 12.1 Å². The third-order valence-corrected chi connectivity index (χ3v) is 2.61. The highest BCUT2D eigenvalue weighted by Crippen LogP contribution is 2.18. The van der Waals surface area contributed by atoms with E-state index in [2.05, 4.69) is 10.6 Å². The molecule has 1 aliphatic rings. The van der Waals surface area contributed by atoms with Crippen molar-refractivity contribution in [3.8, 4) is 0 Å². The first kappa shape index (κ1) is 10.1. The molecule has 80 valence electrons. The zero-order valence-electron chi connectivity index (χ0n) is 8.36. The average Bonchev–Trinajstić information content (AvgIpc) is 2.30. The molecule has 0 radical (unpaired) electrons. The number of nitrogens with one attached hydrogen (secondary N) is 2. The van der Waals surface area contributed by atoms with Crippen molar-refractivity contribution in [2.75, 3.05) is 19.6 Å². The number of piperazine rings is 1. The number of hydrogen-bond acceptors (Lipinski definition) is 3.